The van der Waals surface area contributed by atoms with Crippen LogP contribution < -0.4 is 5.73 Å². The van der Waals surface area contributed by atoms with Crippen LogP contribution in [0.4, 0.5) is 0 Å². The summed E-state index contributed by atoms with van der Waals surface area (Å²) in [5.74, 6) is 0. The van der Waals surface area contributed by atoms with Crippen LogP contribution in [0.1, 0.15) is 17.8 Å². The summed E-state index contributed by atoms with van der Waals surface area (Å²) >= 11 is 5.05. The lowest BCUT2D eigenvalue weighted by Gasteiger charge is -1.96. The summed E-state index contributed by atoms with van der Waals surface area (Å²) in [6, 6.07) is 4.23. The van der Waals surface area contributed by atoms with Crippen molar-refractivity contribution in [2.75, 3.05) is 0 Å². The predicted octanol–water partition coefficient (Wildman–Crippen LogP) is 2.95. The van der Waals surface area contributed by atoms with E-state index in [0.29, 0.717) is 0 Å². The molecule has 58 valence electrons. The SMILES string of the molecule is CC(N)c1ccc(Br)s1.Cl. The van der Waals surface area contributed by atoms with Crippen molar-refractivity contribution in [1.82, 2.24) is 0 Å². The molecule has 0 aliphatic rings. The van der Waals surface area contributed by atoms with Crippen LogP contribution in [0.3, 0.4) is 0 Å². The summed E-state index contributed by atoms with van der Waals surface area (Å²) in [5, 5.41) is 0. The molecule has 0 aliphatic heterocycles. The van der Waals surface area contributed by atoms with Gasteiger partial charge in [-0.15, -0.1) is 23.7 Å². The summed E-state index contributed by atoms with van der Waals surface area (Å²) in [4.78, 5) is 1.22. The fourth-order valence-corrected chi connectivity index (χ4v) is 1.95. The Morgan fingerprint density at radius 1 is 1.60 bits per heavy atom. The topological polar surface area (TPSA) is 26.0 Å². The molecule has 1 rings (SSSR count). The summed E-state index contributed by atoms with van der Waals surface area (Å²) in [6.07, 6.45) is 0. The van der Waals surface area contributed by atoms with E-state index in [-0.39, 0.29) is 18.4 Å². The Balaban J connectivity index is 0.000000810. The van der Waals surface area contributed by atoms with Gasteiger partial charge in [0.1, 0.15) is 0 Å². The number of thiophene rings is 1. The second-order valence-electron chi connectivity index (χ2n) is 1.93. The number of hydrogen-bond acceptors (Lipinski definition) is 2. The lowest BCUT2D eigenvalue weighted by molar-refractivity contribution is 0.838. The molecule has 0 amide bonds. The molecule has 1 heterocycles. The second-order valence-corrected chi connectivity index (χ2v) is 4.43. The minimum absolute atomic E-state index is 0. The molecule has 0 radical (unpaired) electrons. The van der Waals surface area contributed by atoms with Crippen LogP contribution in [-0.2, 0) is 0 Å². The first-order chi connectivity index (χ1) is 4.20. The summed E-state index contributed by atoms with van der Waals surface area (Å²) in [7, 11) is 0. The maximum absolute atomic E-state index is 5.62. The Kier molecular flexibility index (Phi) is 4.52. The van der Waals surface area contributed by atoms with E-state index in [1.807, 2.05) is 19.1 Å². The van der Waals surface area contributed by atoms with Crippen molar-refractivity contribution in [3.05, 3.63) is 20.8 Å². The van der Waals surface area contributed by atoms with Crippen molar-refractivity contribution in [2.45, 2.75) is 13.0 Å². The molecule has 0 saturated carbocycles. The summed E-state index contributed by atoms with van der Waals surface area (Å²) in [5.41, 5.74) is 5.62. The average Bonchev–Trinajstić information content (AvgIpc) is 2.14. The smallest absolute Gasteiger partial charge is 0.0701 e. The Bertz CT molecular complexity index is 199. The van der Waals surface area contributed by atoms with Gasteiger partial charge in [-0.3, -0.25) is 0 Å². The van der Waals surface area contributed by atoms with E-state index in [0.717, 1.165) is 3.79 Å². The second kappa shape index (κ2) is 4.34. The highest BCUT2D eigenvalue weighted by molar-refractivity contribution is 9.11. The van der Waals surface area contributed by atoms with Crippen molar-refractivity contribution < 1.29 is 0 Å². The third-order valence-corrected chi connectivity index (χ3v) is 2.87. The van der Waals surface area contributed by atoms with E-state index < -0.39 is 0 Å². The normalized spacial score (nSPS) is 12.3. The molecule has 1 aromatic heterocycles. The number of rotatable bonds is 1. The number of hydrogen-bond donors (Lipinski definition) is 1. The van der Waals surface area contributed by atoms with E-state index in [2.05, 4.69) is 15.9 Å². The zero-order valence-corrected chi connectivity index (χ0v) is 8.72. The van der Waals surface area contributed by atoms with Gasteiger partial charge in [0, 0.05) is 10.9 Å². The quantitative estimate of drug-likeness (QED) is 0.805. The molecule has 0 saturated heterocycles. The monoisotopic (exact) mass is 241 g/mol. The van der Waals surface area contributed by atoms with Crippen molar-refractivity contribution in [1.29, 1.82) is 0 Å². The van der Waals surface area contributed by atoms with Gasteiger partial charge in [-0.25, -0.2) is 0 Å². The fourth-order valence-electron chi connectivity index (χ4n) is 0.573. The maximum atomic E-state index is 5.62. The molecule has 1 atom stereocenters. The van der Waals surface area contributed by atoms with Crippen LogP contribution in [0, 0.1) is 0 Å². The molecule has 0 aliphatic carbocycles. The lowest BCUT2D eigenvalue weighted by atomic mass is 10.3. The number of nitrogens with two attached hydrogens (primary N) is 1. The highest BCUT2D eigenvalue weighted by Crippen LogP contribution is 2.25. The van der Waals surface area contributed by atoms with Gasteiger partial charge < -0.3 is 5.73 Å². The van der Waals surface area contributed by atoms with Gasteiger partial charge in [0.2, 0.25) is 0 Å². The van der Waals surface area contributed by atoms with Crippen LogP contribution in [0.25, 0.3) is 0 Å². The largest absolute Gasteiger partial charge is 0.324 e. The minimum Gasteiger partial charge on any atom is -0.324 e. The van der Waals surface area contributed by atoms with Crippen LogP contribution >= 0.6 is 39.7 Å². The van der Waals surface area contributed by atoms with Gasteiger partial charge >= 0.3 is 0 Å². The molecular formula is C6H9BrClNS. The van der Waals surface area contributed by atoms with Crippen LogP contribution in [0.5, 0.6) is 0 Å². The molecule has 10 heavy (non-hydrogen) atoms. The van der Waals surface area contributed by atoms with Gasteiger partial charge in [-0.2, -0.15) is 0 Å². The first-order valence-electron chi connectivity index (χ1n) is 2.71. The number of halogens is 2. The first-order valence-corrected chi connectivity index (χ1v) is 4.32. The van der Waals surface area contributed by atoms with Gasteiger partial charge in [-0.05, 0) is 35.0 Å². The average molecular weight is 243 g/mol. The van der Waals surface area contributed by atoms with E-state index in [1.54, 1.807) is 11.3 Å². The zero-order valence-electron chi connectivity index (χ0n) is 5.50. The van der Waals surface area contributed by atoms with Crippen molar-refractivity contribution in [3.63, 3.8) is 0 Å². The van der Waals surface area contributed by atoms with Crippen LogP contribution in [0.2, 0.25) is 0 Å². The third kappa shape index (κ3) is 2.58. The van der Waals surface area contributed by atoms with E-state index >= 15 is 0 Å². The molecule has 1 aromatic rings. The highest BCUT2D eigenvalue weighted by Gasteiger charge is 2.00. The molecule has 0 bridgehead atoms. The van der Waals surface area contributed by atoms with Gasteiger partial charge in [-0.1, -0.05) is 0 Å². The maximum Gasteiger partial charge on any atom is 0.0701 e. The van der Waals surface area contributed by atoms with Gasteiger partial charge in [0.15, 0.2) is 0 Å². The van der Waals surface area contributed by atoms with E-state index in [1.165, 1.54) is 4.88 Å². The summed E-state index contributed by atoms with van der Waals surface area (Å²) in [6.45, 7) is 1.98. The van der Waals surface area contributed by atoms with Crippen molar-refractivity contribution in [3.8, 4) is 0 Å². The Hall–Kier alpha value is 0.430. The third-order valence-electron chi connectivity index (χ3n) is 1.04. The molecule has 0 aromatic carbocycles. The fraction of sp³-hybridized carbons (Fsp3) is 0.333. The zero-order chi connectivity index (χ0) is 6.85. The molecule has 1 nitrogen and oxygen atoms in total. The lowest BCUT2D eigenvalue weighted by Crippen LogP contribution is -2.01. The Morgan fingerprint density at radius 2 is 2.20 bits per heavy atom. The van der Waals surface area contributed by atoms with Gasteiger partial charge in [0.25, 0.3) is 0 Å². The van der Waals surface area contributed by atoms with Crippen LogP contribution in [-0.4, -0.2) is 0 Å². The predicted molar refractivity (Wildman–Crippen MR) is 51.9 cm³/mol. The standard InChI is InChI=1S/C6H8BrNS.ClH/c1-4(8)5-2-3-6(7)9-5;/h2-4H,8H2,1H3;1H. The van der Waals surface area contributed by atoms with Gasteiger partial charge in [0.05, 0.1) is 3.79 Å². The molecule has 0 fully saturated rings. The first kappa shape index (κ1) is 10.4. The molecule has 4 heteroatoms. The highest BCUT2D eigenvalue weighted by atomic mass is 79.9. The molecule has 0 spiro atoms. The summed E-state index contributed by atoms with van der Waals surface area (Å²) < 4.78 is 1.15. The van der Waals surface area contributed by atoms with Crippen molar-refractivity contribution >= 4 is 39.7 Å². The minimum atomic E-state index is 0. The molecule has 1 unspecified atom stereocenters. The molecular weight excluding hydrogens is 233 g/mol. The van der Waals surface area contributed by atoms with Crippen LogP contribution in [0.15, 0.2) is 15.9 Å². The molecule has 2 N–H and O–H groups in total. The van der Waals surface area contributed by atoms with E-state index in [9.17, 15) is 0 Å². The van der Waals surface area contributed by atoms with Crippen molar-refractivity contribution in [2.24, 2.45) is 5.73 Å². The Labute approximate surface area is 79.2 Å². The van der Waals surface area contributed by atoms with E-state index in [4.69, 9.17) is 5.73 Å². The Morgan fingerprint density at radius 3 is 2.40 bits per heavy atom.